The minimum absolute atomic E-state index is 0.00467. The van der Waals surface area contributed by atoms with Crippen molar-refractivity contribution in [3.05, 3.63) is 0 Å². The number of carbonyl (C=O) groups is 1. The second kappa shape index (κ2) is 7.94. The van der Waals surface area contributed by atoms with Crippen LogP contribution in [0.2, 0.25) is 0 Å². The van der Waals surface area contributed by atoms with Crippen molar-refractivity contribution in [3.8, 4) is 0 Å². The summed E-state index contributed by atoms with van der Waals surface area (Å²) in [6, 6.07) is 0. The van der Waals surface area contributed by atoms with E-state index in [9.17, 15) is 13.2 Å². The van der Waals surface area contributed by atoms with Gasteiger partial charge in [-0.2, -0.15) is 0 Å². The Labute approximate surface area is 140 Å². The van der Waals surface area contributed by atoms with Crippen molar-refractivity contribution in [2.45, 2.75) is 33.6 Å². The van der Waals surface area contributed by atoms with Crippen molar-refractivity contribution in [1.29, 1.82) is 0 Å². The van der Waals surface area contributed by atoms with Crippen molar-refractivity contribution in [3.63, 3.8) is 0 Å². The lowest BCUT2D eigenvalue weighted by Gasteiger charge is -2.38. The number of piperidine rings is 1. The Morgan fingerprint density at radius 1 is 1.04 bits per heavy atom. The highest BCUT2D eigenvalue weighted by Gasteiger charge is 2.33. The van der Waals surface area contributed by atoms with Crippen LogP contribution in [0, 0.1) is 11.8 Å². The van der Waals surface area contributed by atoms with Crippen LogP contribution in [0.3, 0.4) is 0 Å². The van der Waals surface area contributed by atoms with Gasteiger partial charge in [-0.05, 0) is 25.7 Å². The van der Waals surface area contributed by atoms with Gasteiger partial charge in [-0.1, -0.05) is 13.8 Å². The molecule has 2 saturated heterocycles. The fraction of sp³-hybridized carbons (Fsp3) is 0.938. The van der Waals surface area contributed by atoms with E-state index in [0.717, 1.165) is 32.7 Å². The molecule has 2 rings (SSSR count). The SMILES string of the molecule is CCS(=O)(=O)N1CCC(C(=O)N2CCN(CC(C)C)CC2)CC1. The number of rotatable bonds is 5. The lowest BCUT2D eigenvalue weighted by molar-refractivity contribution is -0.138. The smallest absolute Gasteiger partial charge is 0.225 e. The monoisotopic (exact) mass is 345 g/mol. The quantitative estimate of drug-likeness (QED) is 0.741. The molecule has 134 valence electrons. The summed E-state index contributed by atoms with van der Waals surface area (Å²) in [4.78, 5) is 17.0. The van der Waals surface area contributed by atoms with E-state index < -0.39 is 10.0 Å². The molecule has 0 saturated carbocycles. The second-order valence-electron chi connectivity index (χ2n) is 7.09. The lowest BCUT2D eigenvalue weighted by atomic mass is 9.96. The van der Waals surface area contributed by atoms with Crippen LogP contribution >= 0.6 is 0 Å². The fourth-order valence-corrected chi connectivity index (χ4v) is 4.62. The van der Waals surface area contributed by atoms with E-state index in [0.29, 0.717) is 31.8 Å². The number of piperazine rings is 1. The zero-order valence-electron chi connectivity index (χ0n) is 14.7. The minimum atomic E-state index is -3.11. The first-order valence-electron chi connectivity index (χ1n) is 8.82. The molecule has 0 atom stereocenters. The van der Waals surface area contributed by atoms with Crippen LogP contribution in [0.15, 0.2) is 0 Å². The number of carbonyl (C=O) groups excluding carboxylic acids is 1. The van der Waals surface area contributed by atoms with Gasteiger partial charge in [0.25, 0.3) is 0 Å². The van der Waals surface area contributed by atoms with Crippen molar-refractivity contribution in [1.82, 2.24) is 14.1 Å². The summed E-state index contributed by atoms with van der Waals surface area (Å²) in [5.41, 5.74) is 0. The highest BCUT2D eigenvalue weighted by molar-refractivity contribution is 7.89. The number of amides is 1. The summed E-state index contributed by atoms with van der Waals surface area (Å²) in [7, 11) is -3.11. The van der Waals surface area contributed by atoms with Crippen LogP contribution in [0.25, 0.3) is 0 Å². The summed E-state index contributed by atoms with van der Waals surface area (Å²) in [5.74, 6) is 1.02. The third kappa shape index (κ3) is 4.90. The Balaban J connectivity index is 1.80. The first-order chi connectivity index (χ1) is 10.8. The van der Waals surface area contributed by atoms with Gasteiger partial charge < -0.3 is 4.90 Å². The second-order valence-corrected chi connectivity index (χ2v) is 9.35. The lowest BCUT2D eigenvalue weighted by Crippen LogP contribution is -2.52. The Morgan fingerprint density at radius 3 is 2.09 bits per heavy atom. The maximum absolute atomic E-state index is 12.6. The predicted molar refractivity (Wildman–Crippen MR) is 91.6 cm³/mol. The molecule has 0 aliphatic carbocycles. The molecule has 6 nitrogen and oxygen atoms in total. The van der Waals surface area contributed by atoms with Crippen LogP contribution in [0.5, 0.6) is 0 Å². The van der Waals surface area contributed by atoms with Gasteiger partial charge in [0.15, 0.2) is 0 Å². The maximum atomic E-state index is 12.6. The Morgan fingerprint density at radius 2 is 1.61 bits per heavy atom. The van der Waals surface area contributed by atoms with Crippen LogP contribution in [0.1, 0.15) is 33.6 Å². The van der Waals surface area contributed by atoms with Gasteiger partial charge in [0.1, 0.15) is 0 Å². The van der Waals surface area contributed by atoms with Gasteiger partial charge in [0, 0.05) is 51.7 Å². The highest BCUT2D eigenvalue weighted by Crippen LogP contribution is 2.22. The van der Waals surface area contributed by atoms with E-state index >= 15 is 0 Å². The standard InChI is InChI=1S/C16H31N3O3S/c1-4-23(21,22)19-7-5-15(6-8-19)16(20)18-11-9-17(10-12-18)13-14(2)3/h14-15H,4-13H2,1-3H3. The molecule has 0 unspecified atom stereocenters. The van der Waals surface area contributed by atoms with E-state index in [1.165, 1.54) is 4.31 Å². The van der Waals surface area contributed by atoms with Crippen molar-refractivity contribution in [2.75, 3.05) is 51.6 Å². The first kappa shape index (κ1) is 18.7. The topological polar surface area (TPSA) is 60.9 Å². The molecule has 0 radical (unpaired) electrons. The molecule has 2 aliphatic rings. The van der Waals surface area contributed by atoms with Crippen LogP contribution < -0.4 is 0 Å². The van der Waals surface area contributed by atoms with Crippen molar-refractivity contribution < 1.29 is 13.2 Å². The molecular formula is C16H31N3O3S. The summed E-state index contributed by atoms with van der Waals surface area (Å²) in [6.45, 7) is 11.7. The third-order valence-corrected chi connectivity index (χ3v) is 6.75. The maximum Gasteiger partial charge on any atom is 0.225 e. The molecule has 1 amide bonds. The van der Waals surface area contributed by atoms with Gasteiger partial charge in [-0.3, -0.25) is 9.69 Å². The van der Waals surface area contributed by atoms with Gasteiger partial charge in [-0.15, -0.1) is 0 Å². The van der Waals surface area contributed by atoms with Crippen molar-refractivity contribution >= 4 is 15.9 Å². The van der Waals surface area contributed by atoms with Gasteiger partial charge >= 0.3 is 0 Å². The molecule has 2 aliphatic heterocycles. The minimum Gasteiger partial charge on any atom is -0.340 e. The molecule has 7 heteroatoms. The number of nitrogens with zero attached hydrogens (tertiary/aromatic N) is 3. The number of hydrogen-bond acceptors (Lipinski definition) is 4. The Kier molecular flexibility index (Phi) is 6.45. The predicted octanol–water partition coefficient (Wildman–Crippen LogP) is 0.848. The normalized spacial score (nSPS) is 22.7. The van der Waals surface area contributed by atoms with Crippen LogP contribution in [-0.4, -0.2) is 80.0 Å². The zero-order chi connectivity index (χ0) is 17.0. The van der Waals surface area contributed by atoms with E-state index in [2.05, 4.69) is 18.7 Å². The van der Waals surface area contributed by atoms with E-state index in [1.54, 1.807) is 6.92 Å². The molecule has 0 spiro atoms. The van der Waals surface area contributed by atoms with E-state index in [1.807, 2.05) is 4.90 Å². The largest absolute Gasteiger partial charge is 0.340 e. The van der Waals surface area contributed by atoms with Crippen LogP contribution in [0.4, 0.5) is 0 Å². The third-order valence-electron chi connectivity index (χ3n) is 4.87. The van der Waals surface area contributed by atoms with Crippen molar-refractivity contribution in [2.24, 2.45) is 11.8 Å². The molecule has 0 aromatic rings. The van der Waals surface area contributed by atoms with E-state index in [-0.39, 0.29) is 17.6 Å². The van der Waals surface area contributed by atoms with Gasteiger partial charge in [0.2, 0.25) is 15.9 Å². The summed E-state index contributed by atoms with van der Waals surface area (Å²) >= 11 is 0. The summed E-state index contributed by atoms with van der Waals surface area (Å²) in [5, 5.41) is 0. The molecule has 23 heavy (non-hydrogen) atoms. The average Bonchev–Trinajstić information content (AvgIpc) is 2.54. The molecular weight excluding hydrogens is 314 g/mol. The van der Waals surface area contributed by atoms with Gasteiger partial charge in [-0.25, -0.2) is 12.7 Å². The number of sulfonamides is 1. The molecule has 0 bridgehead atoms. The molecule has 0 aromatic carbocycles. The zero-order valence-corrected chi connectivity index (χ0v) is 15.5. The molecule has 2 heterocycles. The summed E-state index contributed by atoms with van der Waals surface area (Å²) in [6.07, 6.45) is 1.31. The van der Waals surface area contributed by atoms with Gasteiger partial charge in [0.05, 0.1) is 5.75 Å². The van der Waals surface area contributed by atoms with Crippen LogP contribution in [-0.2, 0) is 14.8 Å². The van der Waals surface area contributed by atoms with E-state index in [4.69, 9.17) is 0 Å². The first-order valence-corrected chi connectivity index (χ1v) is 10.4. The average molecular weight is 346 g/mol. The Bertz CT molecular complexity index is 491. The molecule has 0 aromatic heterocycles. The fourth-order valence-electron chi connectivity index (χ4n) is 3.49. The Hall–Kier alpha value is -0.660. The molecule has 2 fully saturated rings. The summed E-state index contributed by atoms with van der Waals surface area (Å²) < 4.78 is 25.3. The highest BCUT2D eigenvalue weighted by atomic mass is 32.2. The number of hydrogen-bond donors (Lipinski definition) is 0. The molecule has 0 N–H and O–H groups in total.